The van der Waals surface area contributed by atoms with Crippen molar-refractivity contribution in [1.29, 1.82) is 0 Å². The van der Waals surface area contributed by atoms with E-state index >= 15 is 0 Å². The summed E-state index contributed by atoms with van der Waals surface area (Å²) in [5.41, 5.74) is 2.33. The molecule has 0 N–H and O–H groups in total. The topological polar surface area (TPSA) is 36.4 Å². The fourth-order valence-electron chi connectivity index (χ4n) is 3.04. The third-order valence-corrected chi connectivity index (χ3v) is 4.68. The first kappa shape index (κ1) is 12.1. The highest BCUT2D eigenvalue weighted by Gasteiger charge is 2.28. The van der Waals surface area contributed by atoms with Gasteiger partial charge in [-0.1, -0.05) is 12.8 Å². The van der Waals surface area contributed by atoms with Crippen molar-refractivity contribution in [1.82, 2.24) is 14.8 Å². The molecule has 0 aromatic carbocycles. The largest absolute Gasteiger partial charge is 0.335 e. The van der Waals surface area contributed by atoms with Crippen molar-refractivity contribution in [2.24, 2.45) is 0 Å². The highest BCUT2D eigenvalue weighted by molar-refractivity contribution is 7.07. The second-order valence-corrected chi connectivity index (χ2v) is 5.86. The van der Waals surface area contributed by atoms with E-state index in [2.05, 4.69) is 9.88 Å². The lowest BCUT2D eigenvalue weighted by atomic mass is 10.2. The number of piperazine rings is 1. The van der Waals surface area contributed by atoms with Crippen LogP contribution in [0.2, 0.25) is 0 Å². The third-order valence-electron chi connectivity index (χ3n) is 4.09. The number of hydrogen-bond acceptors (Lipinski definition) is 4. The first-order chi connectivity index (χ1) is 8.84. The van der Waals surface area contributed by atoms with Crippen molar-refractivity contribution in [3.63, 3.8) is 0 Å². The van der Waals surface area contributed by atoms with Gasteiger partial charge in [0.1, 0.15) is 5.69 Å². The lowest BCUT2D eigenvalue weighted by Gasteiger charge is -2.37. The van der Waals surface area contributed by atoms with Crippen molar-refractivity contribution in [2.75, 3.05) is 26.2 Å². The summed E-state index contributed by atoms with van der Waals surface area (Å²) in [7, 11) is 0. The van der Waals surface area contributed by atoms with Gasteiger partial charge in [-0.3, -0.25) is 9.69 Å². The zero-order chi connectivity index (χ0) is 12.4. The van der Waals surface area contributed by atoms with E-state index < -0.39 is 0 Å². The van der Waals surface area contributed by atoms with Crippen LogP contribution in [-0.4, -0.2) is 52.9 Å². The molecule has 1 saturated carbocycles. The van der Waals surface area contributed by atoms with Gasteiger partial charge < -0.3 is 4.90 Å². The summed E-state index contributed by atoms with van der Waals surface area (Å²) >= 11 is 1.48. The molecule has 1 aromatic heterocycles. The number of hydrogen-bond donors (Lipinski definition) is 0. The Labute approximate surface area is 112 Å². The van der Waals surface area contributed by atoms with Crippen molar-refractivity contribution in [3.05, 3.63) is 16.6 Å². The van der Waals surface area contributed by atoms with Crippen LogP contribution in [0, 0.1) is 0 Å². The molecule has 4 nitrogen and oxygen atoms in total. The lowest BCUT2D eigenvalue weighted by molar-refractivity contribution is 0.0569. The predicted molar refractivity (Wildman–Crippen MR) is 71.8 cm³/mol. The molecule has 0 radical (unpaired) electrons. The molecule has 2 fully saturated rings. The highest BCUT2D eigenvalue weighted by atomic mass is 32.1. The molecule has 2 heterocycles. The normalized spacial score (nSPS) is 22.6. The van der Waals surface area contributed by atoms with E-state index in [0.29, 0.717) is 5.69 Å². The molecule has 5 heteroatoms. The molecule has 1 amide bonds. The average Bonchev–Trinajstić information content (AvgIpc) is 3.11. The van der Waals surface area contributed by atoms with Crippen LogP contribution in [0.25, 0.3) is 0 Å². The molecule has 3 rings (SSSR count). The van der Waals surface area contributed by atoms with Gasteiger partial charge in [0.05, 0.1) is 5.51 Å². The maximum atomic E-state index is 12.1. The number of rotatable bonds is 2. The van der Waals surface area contributed by atoms with E-state index in [9.17, 15) is 4.79 Å². The summed E-state index contributed by atoms with van der Waals surface area (Å²) in [5.74, 6) is 0.0994. The first-order valence-corrected chi connectivity index (χ1v) is 7.70. The number of thiazole rings is 1. The fraction of sp³-hybridized carbons (Fsp3) is 0.692. The standard InChI is InChI=1S/C13H19N3OS/c17-13(12-9-18-10-14-12)16-7-5-15(6-8-16)11-3-1-2-4-11/h9-11H,1-8H2. The molecular formula is C13H19N3OS. The minimum Gasteiger partial charge on any atom is -0.335 e. The van der Waals surface area contributed by atoms with E-state index in [1.54, 1.807) is 5.51 Å². The minimum atomic E-state index is 0.0994. The number of carbonyl (C=O) groups is 1. The van der Waals surface area contributed by atoms with Gasteiger partial charge in [0.2, 0.25) is 0 Å². The molecule has 0 unspecified atom stereocenters. The van der Waals surface area contributed by atoms with Gasteiger partial charge >= 0.3 is 0 Å². The van der Waals surface area contributed by atoms with Gasteiger partial charge in [0.15, 0.2) is 0 Å². The van der Waals surface area contributed by atoms with Gasteiger partial charge in [-0.15, -0.1) is 11.3 Å². The van der Waals surface area contributed by atoms with Crippen LogP contribution >= 0.6 is 11.3 Å². The molecule has 0 atom stereocenters. The van der Waals surface area contributed by atoms with E-state index in [-0.39, 0.29) is 5.91 Å². The van der Waals surface area contributed by atoms with Crippen LogP contribution in [0.3, 0.4) is 0 Å². The van der Waals surface area contributed by atoms with E-state index in [1.807, 2.05) is 10.3 Å². The number of nitrogens with zero attached hydrogens (tertiary/aromatic N) is 3. The van der Waals surface area contributed by atoms with E-state index in [1.165, 1.54) is 37.0 Å². The smallest absolute Gasteiger partial charge is 0.273 e. The Hall–Kier alpha value is -0.940. The van der Waals surface area contributed by atoms with Gasteiger partial charge in [-0.25, -0.2) is 4.98 Å². The first-order valence-electron chi connectivity index (χ1n) is 6.76. The van der Waals surface area contributed by atoms with Crippen molar-refractivity contribution in [3.8, 4) is 0 Å². The Morgan fingerprint density at radius 2 is 1.94 bits per heavy atom. The molecule has 0 spiro atoms. The number of carbonyl (C=O) groups excluding carboxylic acids is 1. The molecule has 1 aliphatic heterocycles. The van der Waals surface area contributed by atoms with Crippen LogP contribution in [0.15, 0.2) is 10.9 Å². The second kappa shape index (κ2) is 5.36. The summed E-state index contributed by atoms with van der Waals surface area (Å²) < 4.78 is 0. The monoisotopic (exact) mass is 265 g/mol. The molecule has 1 aromatic rings. The van der Waals surface area contributed by atoms with Crippen LogP contribution in [0.4, 0.5) is 0 Å². The minimum absolute atomic E-state index is 0.0994. The van der Waals surface area contributed by atoms with Gasteiger partial charge in [-0.2, -0.15) is 0 Å². The number of amides is 1. The van der Waals surface area contributed by atoms with Gasteiger partial charge in [-0.05, 0) is 12.8 Å². The van der Waals surface area contributed by atoms with E-state index in [0.717, 1.165) is 32.2 Å². The van der Waals surface area contributed by atoms with Crippen LogP contribution in [0.1, 0.15) is 36.2 Å². The van der Waals surface area contributed by atoms with Crippen LogP contribution in [-0.2, 0) is 0 Å². The fourth-order valence-corrected chi connectivity index (χ4v) is 3.57. The Bertz CT molecular complexity index is 392. The Balaban J connectivity index is 1.55. The summed E-state index contributed by atoms with van der Waals surface area (Å²) in [6, 6.07) is 0.779. The lowest BCUT2D eigenvalue weighted by Crippen LogP contribution is -2.51. The maximum absolute atomic E-state index is 12.1. The van der Waals surface area contributed by atoms with Crippen molar-refractivity contribution in [2.45, 2.75) is 31.7 Å². The molecular weight excluding hydrogens is 246 g/mol. The third kappa shape index (κ3) is 2.42. The zero-order valence-corrected chi connectivity index (χ0v) is 11.4. The number of aromatic nitrogens is 1. The van der Waals surface area contributed by atoms with Crippen LogP contribution < -0.4 is 0 Å². The quantitative estimate of drug-likeness (QED) is 0.819. The Kier molecular flexibility index (Phi) is 3.61. The maximum Gasteiger partial charge on any atom is 0.273 e. The molecule has 98 valence electrons. The Morgan fingerprint density at radius 1 is 1.22 bits per heavy atom. The molecule has 1 saturated heterocycles. The molecule has 0 bridgehead atoms. The zero-order valence-electron chi connectivity index (χ0n) is 10.5. The van der Waals surface area contributed by atoms with Crippen molar-refractivity contribution < 1.29 is 4.79 Å². The molecule has 2 aliphatic rings. The summed E-state index contributed by atoms with van der Waals surface area (Å²) in [6.07, 6.45) is 5.45. The summed E-state index contributed by atoms with van der Waals surface area (Å²) in [5, 5.41) is 1.84. The van der Waals surface area contributed by atoms with Gasteiger partial charge in [0, 0.05) is 37.6 Å². The van der Waals surface area contributed by atoms with Crippen molar-refractivity contribution >= 4 is 17.2 Å². The van der Waals surface area contributed by atoms with E-state index in [4.69, 9.17) is 0 Å². The summed E-state index contributed by atoms with van der Waals surface area (Å²) in [6.45, 7) is 3.76. The molecule has 1 aliphatic carbocycles. The average molecular weight is 265 g/mol. The van der Waals surface area contributed by atoms with Gasteiger partial charge in [0.25, 0.3) is 5.91 Å². The van der Waals surface area contributed by atoms with Crippen LogP contribution in [0.5, 0.6) is 0 Å². The SMILES string of the molecule is O=C(c1cscn1)N1CCN(C2CCCC2)CC1. The summed E-state index contributed by atoms with van der Waals surface area (Å²) in [4.78, 5) is 20.8. The molecule has 18 heavy (non-hydrogen) atoms. The highest BCUT2D eigenvalue weighted by Crippen LogP contribution is 2.24. The second-order valence-electron chi connectivity index (χ2n) is 5.14. The predicted octanol–water partition coefficient (Wildman–Crippen LogP) is 1.84. The Morgan fingerprint density at radius 3 is 2.56 bits per heavy atom.